The maximum absolute atomic E-state index is 5.66. The van der Waals surface area contributed by atoms with E-state index in [1.54, 1.807) is 0 Å². The summed E-state index contributed by atoms with van der Waals surface area (Å²) >= 11 is 0. The highest BCUT2D eigenvalue weighted by molar-refractivity contribution is 4.96. The van der Waals surface area contributed by atoms with Crippen LogP contribution in [0, 0.1) is 0 Å². The van der Waals surface area contributed by atoms with Gasteiger partial charge in [-0.15, -0.1) is 0 Å². The molecule has 3 heteroatoms. The number of likely N-dealkylation sites (tertiary alicyclic amines) is 1. The Bertz CT molecular complexity index is 227. The van der Waals surface area contributed by atoms with E-state index in [2.05, 4.69) is 17.3 Å². The fourth-order valence-corrected chi connectivity index (χ4v) is 3.57. The molecule has 0 amide bonds. The minimum absolute atomic E-state index is 0.567. The Hall–Kier alpha value is -0.120. The number of morpholine rings is 1. The number of hydrogen-bond acceptors (Lipinski definition) is 3. The molecule has 2 heterocycles. The van der Waals surface area contributed by atoms with Crippen molar-refractivity contribution in [2.24, 2.45) is 0 Å². The molecule has 3 nitrogen and oxygen atoms in total. The molecule has 19 heavy (non-hydrogen) atoms. The number of ether oxygens (including phenoxy) is 1. The Morgan fingerprint density at radius 2 is 1.58 bits per heavy atom. The molecule has 1 aliphatic carbocycles. The fraction of sp³-hybridized carbons (Fsp3) is 1.00. The van der Waals surface area contributed by atoms with Gasteiger partial charge in [0.15, 0.2) is 0 Å². The zero-order chi connectivity index (χ0) is 14.3. The smallest absolute Gasteiger partial charge is 0.0718 e. The predicted octanol–water partition coefficient (Wildman–Crippen LogP) is 3.04. The second-order valence-electron chi connectivity index (χ2n) is 5.34. The van der Waals surface area contributed by atoms with Crippen molar-refractivity contribution in [2.45, 2.75) is 84.0 Å². The van der Waals surface area contributed by atoms with Gasteiger partial charge in [0.2, 0.25) is 0 Å². The molecule has 0 aromatic heterocycles. The monoisotopic (exact) mass is 270 g/mol. The number of hydrogen-bond donors (Lipinski definition) is 1. The molecule has 0 aromatic rings. The van der Waals surface area contributed by atoms with Gasteiger partial charge < -0.3 is 10.1 Å². The molecular weight excluding hydrogens is 236 g/mol. The third-order valence-electron chi connectivity index (χ3n) is 4.52. The molecule has 3 aliphatic rings. The van der Waals surface area contributed by atoms with Crippen LogP contribution in [0.15, 0.2) is 0 Å². The van der Waals surface area contributed by atoms with E-state index in [1.807, 2.05) is 27.7 Å². The standard InChI is InChI=1S/C12H22N2O.2C2H6/c1-13-9-2-4-10(5-3-9)14-7-12-6-11(14)8-15-12;2*1-2/h9-13H,2-8H2,1H3;2*1-2H3. The van der Waals surface area contributed by atoms with Gasteiger partial charge >= 0.3 is 0 Å². The van der Waals surface area contributed by atoms with Gasteiger partial charge in [0.05, 0.1) is 12.7 Å². The van der Waals surface area contributed by atoms with Crippen molar-refractivity contribution in [3.63, 3.8) is 0 Å². The summed E-state index contributed by atoms with van der Waals surface area (Å²) in [4.78, 5) is 2.74. The quantitative estimate of drug-likeness (QED) is 0.834. The Kier molecular flexibility index (Phi) is 7.96. The number of rotatable bonds is 2. The van der Waals surface area contributed by atoms with E-state index in [9.17, 15) is 0 Å². The van der Waals surface area contributed by atoms with E-state index in [0.717, 1.165) is 24.7 Å². The Balaban J connectivity index is 0.000000415. The lowest BCUT2D eigenvalue weighted by atomic mass is 9.90. The lowest BCUT2D eigenvalue weighted by molar-refractivity contribution is 0.00225. The maximum Gasteiger partial charge on any atom is 0.0718 e. The molecule has 2 atom stereocenters. The van der Waals surface area contributed by atoms with E-state index < -0.39 is 0 Å². The van der Waals surface area contributed by atoms with Crippen molar-refractivity contribution in [2.75, 3.05) is 20.2 Å². The van der Waals surface area contributed by atoms with Crippen LogP contribution >= 0.6 is 0 Å². The largest absolute Gasteiger partial charge is 0.375 e. The van der Waals surface area contributed by atoms with E-state index in [0.29, 0.717) is 6.10 Å². The lowest BCUT2D eigenvalue weighted by Crippen LogP contribution is -2.47. The van der Waals surface area contributed by atoms with Crippen molar-refractivity contribution in [3.05, 3.63) is 0 Å². The molecule has 3 rings (SSSR count). The van der Waals surface area contributed by atoms with Crippen molar-refractivity contribution in [1.82, 2.24) is 10.2 Å². The molecule has 0 aromatic carbocycles. The van der Waals surface area contributed by atoms with Crippen LogP contribution in [0.4, 0.5) is 0 Å². The molecule has 114 valence electrons. The molecule has 3 fully saturated rings. The number of nitrogens with one attached hydrogen (secondary N) is 1. The third kappa shape index (κ3) is 4.17. The summed E-state index contributed by atoms with van der Waals surface area (Å²) in [7, 11) is 2.09. The summed E-state index contributed by atoms with van der Waals surface area (Å²) in [6.45, 7) is 10.2. The molecule has 2 aliphatic heterocycles. The maximum atomic E-state index is 5.66. The van der Waals surface area contributed by atoms with Crippen molar-refractivity contribution in [1.29, 1.82) is 0 Å². The van der Waals surface area contributed by atoms with Gasteiger partial charge in [0.1, 0.15) is 0 Å². The fourth-order valence-electron chi connectivity index (χ4n) is 3.57. The second kappa shape index (κ2) is 8.93. The Labute approximate surface area is 120 Å². The van der Waals surface area contributed by atoms with Gasteiger partial charge in [-0.2, -0.15) is 0 Å². The first kappa shape index (κ1) is 16.9. The summed E-state index contributed by atoms with van der Waals surface area (Å²) in [5.74, 6) is 0. The first-order valence-electron chi connectivity index (χ1n) is 8.41. The highest BCUT2D eigenvalue weighted by Gasteiger charge is 2.42. The SMILES string of the molecule is CC.CC.CNC1CCC(N2CC3CC2CO3)CC1. The molecule has 2 saturated heterocycles. The summed E-state index contributed by atoms with van der Waals surface area (Å²) in [5.41, 5.74) is 0. The van der Waals surface area contributed by atoms with Gasteiger partial charge in [-0.1, -0.05) is 27.7 Å². The molecular formula is C16H34N2O. The Morgan fingerprint density at radius 1 is 0.947 bits per heavy atom. The molecule has 2 bridgehead atoms. The van der Waals surface area contributed by atoms with Crippen LogP contribution in [-0.2, 0) is 4.74 Å². The summed E-state index contributed by atoms with van der Waals surface area (Å²) in [5, 5.41) is 3.41. The van der Waals surface area contributed by atoms with E-state index in [4.69, 9.17) is 4.74 Å². The van der Waals surface area contributed by atoms with Crippen LogP contribution in [0.2, 0.25) is 0 Å². The van der Waals surface area contributed by atoms with E-state index in [-0.39, 0.29) is 0 Å². The summed E-state index contributed by atoms with van der Waals surface area (Å²) in [6.07, 6.45) is 7.35. The van der Waals surface area contributed by atoms with Crippen LogP contribution < -0.4 is 5.32 Å². The first-order valence-corrected chi connectivity index (χ1v) is 8.41. The molecule has 2 unspecified atom stereocenters. The zero-order valence-corrected chi connectivity index (χ0v) is 13.6. The third-order valence-corrected chi connectivity index (χ3v) is 4.52. The zero-order valence-electron chi connectivity index (χ0n) is 13.6. The second-order valence-corrected chi connectivity index (χ2v) is 5.34. The molecule has 1 N–H and O–H groups in total. The average Bonchev–Trinajstić information content (AvgIpc) is 3.14. The van der Waals surface area contributed by atoms with Gasteiger partial charge in [0.25, 0.3) is 0 Å². The predicted molar refractivity (Wildman–Crippen MR) is 82.7 cm³/mol. The topological polar surface area (TPSA) is 24.5 Å². The van der Waals surface area contributed by atoms with Crippen LogP contribution in [0.5, 0.6) is 0 Å². The van der Waals surface area contributed by atoms with Crippen LogP contribution in [0.1, 0.15) is 59.8 Å². The van der Waals surface area contributed by atoms with Crippen LogP contribution in [0.25, 0.3) is 0 Å². The normalized spacial score (nSPS) is 37.1. The molecule has 1 saturated carbocycles. The van der Waals surface area contributed by atoms with Crippen LogP contribution in [0.3, 0.4) is 0 Å². The van der Waals surface area contributed by atoms with E-state index in [1.165, 1.54) is 38.6 Å². The van der Waals surface area contributed by atoms with Crippen molar-refractivity contribution >= 4 is 0 Å². The highest BCUT2D eigenvalue weighted by Crippen LogP contribution is 2.34. The minimum atomic E-state index is 0.567. The highest BCUT2D eigenvalue weighted by atomic mass is 16.5. The first-order chi connectivity index (χ1) is 9.36. The summed E-state index contributed by atoms with van der Waals surface area (Å²) < 4.78 is 5.66. The van der Waals surface area contributed by atoms with Gasteiger partial charge in [-0.3, -0.25) is 4.90 Å². The summed E-state index contributed by atoms with van der Waals surface area (Å²) in [6, 6.07) is 2.39. The molecule has 0 radical (unpaired) electrons. The molecule has 0 spiro atoms. The average molecular weight is 270 g/mol. The van der Waals surface area contributed by atoms with Crippen molar-refractivity contribution in [3.8, 4) is 0 Å². The van der Waals surface area contributed by atoms with Gasteiger partial charge in [0, 0.05) is 24.7 Å². The Morgan fingerprint density at radius 3 is 2.00 bits per heavy atom. The van der Waals surface area contributed by atoms with Gasteiger partial charge in [-0.25, -0.2) is 0 Å². The minimum Gasteiger partial charge on any atom is -0.375 e. The number of fused-ring (bicyclic) bond motifs is 2. The van der Waals surface area contributed by atoms with E-state index >= 15 is 0 Å². The van der Waals surface area contributed by atoms with Crippen molar-refractivity contribution < 1.29 is 4.74 Å². The number of nitrogens with zero attached hydrogens (tertiary/aromatic N) is 1. The van der Waals surface area contributed by atoms with Crippen LogP contribution in [-0.4, -0.2) is 49.3 Å². The lowest BCUT2D eigenvalue weighted by Gasteiger charge is -2.38. The van der Waals surface area contributed by atoms with Gasteiger partial charge in [-0.05, 0) is 39.2 Å².